The topological polar surface area (TPSA) is 96.5 Å². The van der Waals surface area contributed by atoms with Gasteiger partial charge in [-0.15, -0.1) is 0 Å². The second-order valence-corrected chi connectivity index (χ2v) is 3.39. The van der Waals surface area contributed by atoms with Crippen LogP contribution in [0.3, 0.4) is 0 Å². The van der Waals surface area contributed by atoms with Crippen LogP contribution in [0.2, 0.25) is 0 Å². The Morgan fingerprint density at radius 1 is 1.00 bits per heavy atom. The molecule has 0 unspecified atom stereocenters. The Labute approximate surface area is 103 Å². The molecule has 18 heavy (non-hydrogen) atoms. The van der Waals surface area contributed by atoms with E-state index < -0.39 is 17.9 Å². The Morgan fingerprint density at radius 3 is 2.17 bits per heavy atom. The Morgan fingerprint density at radius 2 is 1.61 bits per heavy atom. The first-order valence-electron chi connectivity index (χ1n) is 5.05. The zero-order valence-corrected chi connectivity index (χ0v) is 9.94. The van der Waals surface area contributed by atoms with Crippen LogP contribution in [-0.4, -0.2) is 25.0 Å². The number of hydrogen-bond acceptors (Lipinski definition) is 4. The molecule has 0 saturated heterocycles. The first kappa shape index (κ1) is 13.5. The van der Waals surface area contributed by atoms with E-state index in [9.17, 15) is 14.4 Å². The van der Waals surface area contributed by atoms with Gasteiger partial charge in [-0.05, 0) is 19.1 Å². The fourth-order valence-electron chi connectivity index (χ4n) is 1.04. The molecule has 1 aromatic carbocycles. The number of amides is 3. The van der Waals surface area contributed by atoms with Gasteiger partial charge in [0.15, 0.2) is 0 Å². The third kappa shape index (κ3) is 4.12. The summed E-state index contributed by atoms with van der Waals surface area (Å²) < 4.78 is 4.22. The summed E-state index contributed by atoms with van der Waals surface area (Å²) in [7, 11) is 1.13. The number of nitrogens with one attached hydrogen (secondary N) is 3. The molecule has 0 radical (unpaired) electrons. The maximum atomic E-state index is 11.4. The molecule has 0 aliphatic rings. The zero-order valence-electron chi connectivity index (χ0n) is 9.94. The molecule has 3 amide bonds. The van der Waals surface area contributed by atoms with Crippen molar-refractivity contribution in [1.82, 2.24) is 10.9 Å². The van der Waals surface area contributed by atoms with E-state index in [-0.39, 0.29) is 0 Å². The molecule has 7 heteroatoms. The van der Waals surface area contributed by atoms with E-state index in [0.717, 1.165) is 12.7 Å². The second-order valence-electron chi connectivity index (χ2n) is 3.39. The Bertz CT molecular complexity index is 456. The van der Waals surface area contributed by atoms with Gasteiger partial charge in [-0.2, -0.15) is 0 Å². The number of anilines is 1. The molecule has 96 valence electrons. The molecular weight excluding hydrogens is 238 g/mol. The quantitative estimate of drug-likeness (QED) is 0.494. The highest BCUT2D eigenvalue weighted by molar-refractivity contribution is 6.39. The summed E-state index contributed by atoms with van der Waals surface area (Å²) >= 11 is 0. The molecule has 0 bridgehead atoms. The molecule has 1 rings (SSSR count). The van der Waals surface area contributed by atoms with Crippen LogP contribution in [0, 0.1) is 6.92 Å². The number of benzene rings is 1. The van der Waals surface area contributed by atoms with Crippen LogP contribution in [-0.2, 0) is 14.3 Å². The number of carbonyl (C=O) groups excluding carboxylic acids is 3. The van der Waals surface area contributed by atoms with Gasteiger partial charge in [0.2, 0.25) is 0 Å². The molecule has 0 heterocycles. The summed E-state index contributed by atoms with van der Waals surface area (Å²) in [6, 6.07) is 6.91. The van der Waals surface area contributed by atoms with Crippen molar-refractivity contribution >= 4 is 23.6 Å². The Balaban J connectivity index is 2.47. The Hall–Kier alpha value is -2.57. The highest BCUT2D eigenvalue weighted by Gasteiger charge is 2.14. The van der Waals surface area contributed by atoms with Gasteiger partial charge in [-0.25, -0.2) is 10.2 Å². The van der Waals surface area contributed by atoms with Crippen molar-refractivity contribution in [3.05, 3.63) is 29.8 Å². The average Bonchev–Trinajstić information content (AvgIpc) is 2.38. The SMILES string of the molecule is COC(=O)NNC(=O)C(=O)Nc1ccc(C)cc1. The summed E-state index contributed by atoms with van der Waals surface area (Å²) in [4.78, 5) is 33.3. The molecule has 0 aliphatic heterocycles. The van der Waals surface area contributed by atoms with Gasteiger partial charge in [0, 0.05) is 5.69 Å². The molecule has 0 aromatic heterocycles. The number of aryl methyl sites for hydroxylation is 1. The highest BCUT2D eigenvalue weighted by atomic mass is 16.5. The van der Waals surface area contributed by atoms with Gasteiger partial charge < -0.3 is 10.1 Å². The van der Waals surface area contributed by atoms with Crippen LogP contribution in [0.1, 0.15) is 5.56 Å². The molecule has 0 saturated carbocycles. The maximum Gasteiger partial charge on any atom is 0.425 e. The van der Waals surface area contributed by atoms with E-state index in [1.54, 1.807) is 24.3 Å². The molecule has 0 fully saturated rings. The van der Waals surface area contributed by atoms with E-state index >= 15 is 0 Å². The van der Waals surface area contributed by atoms with E-state index in [2.05, 4.69) is 10.1 Å². The maximum absolute atomic E-state index is 11.4. The predicted octanol–water partition coefficient (Wildman–Crippen LogP) is 0.321. The minimum Gasteiger partial charge on any atom is -0.452 e. The first-order chi connectivity index (χ1) is 8.52. The van der Waals surface area contributed by atoms with Gasteiger partial charge >= 0.3 is 17.9 Å². The predicted molar refractivity (Wildman–Crippen MR) is 63.5 cm³/mol. The van der Waals surface area contributed by atoms with E-state index in [1.165, 1.54) is 0 Å². The van der Waals surface area contributed by atoms with Crippen LogP contribution in [0.5, 0.6) is 0 Å². The lowest BCUT2D eigenvalue weighted by Gasteiger charge is -2.07. The zero-order chi connectivity index (χ0) is 13.5. The lowest BCUT2D eigenvalue weighted by molar-refractivity contribution is -0.136. The number of hydrazine groups is 1. The summed E-state index contributed by atoms with van der Waals surface area (Å²) in [5.74, 6) is -1.89. The summed E-state index contributed by atoms with van der Waals surface area (Å²) in [6.45, 7) is 1.90. The van der Waals surface area contributed by atoms with Crippen LogP contribution < -0.4 is 16.2 Å². The lowest BCUT2D eigenvalue weighted by Crippen LogP contribution is -2.46. The van der Waals surface area contributed by atoms with Crippen LogP contribution in [0.4, 0.5) is 10.5 Å². The molecule has 0 spiro atoms. The van der Waals surface area contributed by atoms with E-state index in [0.29, 0.717) is 5.69 Å². The third-order valence-corrected chi connectivity index (χ3v) is 1.98. The second kappa shape index (κ2) is 6.24. The van der Waals surface area contributed by atoms with Gasteiger partial charge in [0.05, 0.1) is 7.11 Å². The highest BCUT2D eigenvalue weighted by Crippen LogP contribution is 2.07. The molecule has 7 nitrogen and oxygen atoms in total. The molecule has 0 atom stereocenters. The summed E-state index contributed by atoms with van der Waals surface area (Å²) in [5, 5.41) is 2.37. The van der Waals surface area contributed by atoms with Gasteiger partial charge in [0.1, 0.15) is 0 Å². The molecule has 1 aromatic rings. The van der Waals surface area contributed by atoms with Gasteiger partial charge in [-0.3, -0.25) is 15.0 Å². The number of methoxy groups -OCH3 is 1. The number of ether oxygens (including phenoxy) is 1. The monoisotopic (exact) mass is 251 g/mol. The number of hydrogen-bond donors (Lipinski definition) is 3. The number of rotatable bonds is 1. The van der Waals surface area contributed by atoms with Crippen molar-refractivity contribution in [1.29, 1.82) is 0 Å². The van der Waals surface area contributed by atoms with Crippen LogP contribution in [0.15, 0.2) is 24.3 Å². The van der Waals surface area contributed by atoms with Crippen LogP contribution >= 0.6 is 0 Å². The smallest absolute Gasteiger partial charge is 0.425 e. The van der Waals surface area contributed by atoms with Crippen LogP contribution in [0.25, 0.3) is 0 Å². The third-order valence-electron chi connectivity index (χ3n) is 1.98. The van der Waals surface area contributed by atoms with Crippen molar-refractivity contribution < 1.29 is 19.1 Å². The largest absolute Gasteiger partial charge is 0.452 e. The van der Waals surface area contributed by atoms with Crippen molar-refractivity contribution in [2.24, 2.45) is 0 Å². The van der Waals surface area contributed by atoms with Gasteiger partial charge in [0.25, 0.3) is 0 Å². The standard InChI is InChI=1S/C11H13N3O4/c1-7-3-5-8(6-4-7)12-9(15)10(16)13-14-11(17)18-2/h3-6H,1-2H3,(H,12,15)(H,13,16)(H,14,17). The Kier molecular flexibility index (Phi) is 4.67. The number of carbonyl (C=O) groups is 3. The fraction of sp³-hybridized carbons (Fsp3) is 0.182. The minimum atomic E-state index is -0.999. The average molecular weight is 251 g/mol. The molecular formula is C11H13N3O4. The normalized spacial score (nSPS) is 9.22. The van der Waals surface area contributed by atoms with Crippen molar-refractivity contribution in [2.75, 3.05) is 12.4 Å². The molecule has 3 N–H and O–H groups in total. The first-order valence-corrected chi connectivity index (χ1v) is 5.05. The van der Waals surface area contributed by atoms with Crippen molar-refractivity contribution in [2.45, 2.75) is 6.92 Å². The van der Waals surface area contributed by atoms with Crippen molar-refractivity contribution in [3.8, 4) is 0 Å². The fourth-order valence-corrected chi connectivity index (χ4v) is 1.04. The molecule has 0 aliphatic carbocycles. The summed E-state index contributed by atoms with van der Waals surface area (Å²) in [5.41, 5.74) is 5.29. The lowest BCUT2D eigenvalue weighted by atomic mass is 10.2. The van der Waals surface area contributed by atoms with Gasteiger partial charge in [-0.1, -0.05) is 17.7 Å². The van der Waals surface area contributed by atoms with E-state index in [4.69, 9.17) is 0 Å². The van der Waals surface area contributed by atoms with E-state index in [1.807, 2.05) is 17.8 Å². The summed E-state index contributed by atoms with van der Waals surface area (Å²) in [6.07, 6.45) is -0.869. The van der Waals surface area contributed by atoms with Crippen molar-refractivity contribution in [3.63, 3.8) is 0 Å². The minimum absolute atomic E-state index is 0.485.